The first-order valence-corrected chi connectivity index (χ1v) is 8.84. The number of imidazole rings is 1. The Labute approximate surface area is 153 Å². The molecule has 0 saturated carbocycles. The van der Waals surface area contributed by atoms with Gasteiger partial charge in [0.25, 0.3) is 0 Å². The summed E-state index contributed by atoms with van der Waals surface area (Å²) in [6.07, 6.45) is 3.01. The zero-order valence-corrected chi connectivity index (χ0v) is 15.9. The van der Waals surface area contributed by atoms with Gasteiger partial charge in [-0.05, 0) is 19.4 Å². The van der Waals surface area contributed by atoms with Crippen molar-refractivity contribution in [3.05, 3.63) is 24.1 Å². The SMILES string of the molecule is CN[C@H](C(=O)N1C[C@H](O)C[C@H]1c1nc(-c2ocnc2C)c[nH]1)C(C)(C)C. The van der Waals surface area contributed by atoms with Crippen LogP contribution in [0.15, 0.2) is 17.0 Å². The minimum absolute atomic E-state index is 0.0321. The van der Waals surface area contributed by atoms with E-state index in [2.05, 4.69) is 20.3 Å². The summed E-state index contributed by atoms with van der Waals surface area (Å²) in [5.41, 5.74) is 1.16. The highest BCUT2D eigenvalue weighted by molar-refractivity contribution is 5.83. The highest BCUT2D eigenvalue weighted by Crippen LogP contribution is 2.34. The Morgan fingerprint density at radius 2 is 2.23 bits per heavy atom. The van der Waals surface area contributed by atoms with Gasteiger partial charge >= 0.3 is 0 Å². The molecular formula is C18H27N5O3. The quantitative estimate of drug-likeness (QED) is 0.764. The molecule has 3 N–H and O–H groups in total. The Morgan fingerprint density at radius 1 is 1.50 bits per heavy atom. The molecule has 1 aliphatic heterocycles. The molecular weight excluding hydrogens is 334 g/mol. The van der Waals surface area contributed by atoms with E-state index in [1.54, 1.807) is 18.1 Å². The normalized spacial score (nSPS) is 22.0. The number of aliphatic hydroxyl groups excluding tert-OH is 1. The van der Waals surface area contributed by atoms with E-state index in [0.29, 0.717) is 30.2 Å². The van der Waals surface area contributed by atoms with Crippen molar-refractivity contribution in [2.45, 2.75) is 52.3 Å². The highest BCUT2D eigenvalue weighted by Gasteiger charge is 2.42. The van der Waals surface area contributed by atoms with E-state index < -0.39 is 6.10 Å². The van der Waals surface area contributed by atoms with Crippen LogP contribution in [0.1, 0.15) is 44.8 Å². The van der Waals surface area contributed by atoms with Crippen LogP contribution < -0.4 is 5.32 Å². The van der Waals surface area contributed by atoms with Gasteiger partial charge in [-0.15, -0.1) is 0 Å². The molecule has 1 aliphatic rings. The number of aromatic nitrogens is 3. The Kier molecular flexibility index (Phi) is 4.90. The summed E-state index contributed by atoms with van der Waals surface area (Å²) in [6.45, 7) is 8.21. The minimum atomic E-state index is -0.568. The van der Waals surface area contributed by atoms with E-state index in [1.807, 2.05) is 27.7 Å². The summed E-state index contributed by atoms with van der Waals surface area (Å²) in [5.74, 6) is 1.21. The Bertz CT molecular complexity index is 776. The number of carbonyl (C=O) groups is 1. The van der Waals surface area contributed by atoms with Crippen molar-refractivity contribution in [3.63, 3.8) is 0 Å². The molecule has 0 radical (unpaired) electrons. The zero-order chi connectivity index (χ0) is 19.1. The van der Waals surface area contributed by atoms with Crippen LogP contribution in [-0.2, 0) is 4.79 Å². The maximum Gasteiger partial charge on any atom is 0.240 e. The monoisotopic (exact) mass is 361 g/mol. The number of nitrogens with zero attached hydrogens (tertiary/aromatic N) is 3. The van der Waals surface area contributed by atoms with Gasteiger partial charge in [0.1, 0.15) is 11.5 Å². The van der Waals surface area contributed by atoms with Crippen LogP contribution in [-0.4, -0.2) is 56.6 Å². The fraction of sp³-hybridized carbons (Fsp3) is 0.611. The Morgan fingerprint density at radius 3 is 2.81 bits per heavy atom. The average Bonchev–Trinajstić information content (AvgIpc) is 3.25. The van der Waals surface area contributed by atoms with Gasteiger partial charge in [0.2, 0.25) is 5.91 Å². The number of oxazole rings is 1. The minimum Gasteiger partial charge on any atom is -0.442 e. The number of likely N-dealkylation sites (tertiary alicyclic amines) is 1. The second-order valence-corrected chi connectivity index (χ2v) is 7.92. The second kappa shape index (κ2) is 6.85. The van der Waals surface area contributed by atoms with Crippen molar-refractivity contribution in [2.75, 3.05) is 13.6 Å². The first-order valence-electron chi connectivity index (χ1n) is 8.84. The van der Waals surface area contributed by atoms with Crippen LogP contribution in [0.4, 0.5) is 0 Å². The lowest BCUT2D eigenvalue weighted by atomic mass is 9.86. The van der Waals surface area contributed by atoms with Crippen LogP contribution in [0.2, 0.25) is 0 Å². The number of likely N-dealkylation sites (N-methyl/N-ethyl adjacent to an activating group) is 1. The molecule has 8 heteroatoms. The fourth-order valence-electron chi connectivity index (χ4n) is 3.58. The molecule has 0 unspecified atom stereocenters. The van der Waals surface area contributed by atoms with Crippen LogP contribution >= 0.6 is 0 Å². The van der Waals surface area contributed by atoms with Crippen molar-refractivity contribution in [3.8, 4) is 11.5 Å². The molecule has 3 rings (SSSR count). The van der Waals surface area contributed by atoms with E-state index in [-0.39, 0.29) is 23.4 Å². The van der Waals surface area contributed by atoms with E-state index in [1.165, 1.54) is 6.39 Å². The molecule has 0 aromatic carbocycles. The number of hydrogen-bond donors (Lipinski definition) is 3. The molecule has 8 nitrogen and oxygen atoms in total. The third-order valence-electron chi connectivity index (χ3n) is 4.86. The Balaban J connectivity index is 1.88. The second-order valence-electron chi connectivity index (χ2n) is 7.92. The number of hydrogen-bond acceptors (Lipinski definition) is 6. The lowest BCUT2D eigenvalue weighted by Gasteiger charge is -2.34. The molecule has 3 atom stereocenters. The number of amides is 1. The number of nitrogens with one attached hydrogen (secondary N) is 2. The van der Waals surface area contributed by atoms with Crippen LogP contribution in [0, 0.1) is 12.3 Å². The average molecular weight is 361 g/mol. The van der Waals surface area contributed by atoms with Crippen LogP contribution in [0.25, 0.3) is 11.5 Å². The molecule has 0 bridgehead atoms. The van der Waals surface area contributed by atoms with Crippen molar-refractivity contribution < 1.29 is 14.3 Å². The first kappa shape index (κ1) is 18.6. The molecule has 3 heterocycles. The van der Waals surface area contributed by atoms with Gasteiger partial charge in [-0.3, -0.25) is 4.79 Å². The van der Waals surface area contributed by atoms with E-state index >= 15 is 0 Å². The number of rotatable bonds is 4. The summed E-state index contributed by atoms with van der Waals surface area (Å²) >= 11 is 0. The number of β-amino-alcohol motifs (C(OH)–C–C–N with tert-alkyl or cyclic N) is 1. The van der Waals surface area contributed by atoms with E-state index in [9.17, 15) is 9.90 Å². The lowest BCUT2D eigenvalue weighted by Crippen LogP contribution is -2.52. The van der Waals surface area contributed by atoms with Gasteiger partial charge in [0.15, 0.2) is 12.2 Å². The summed E-state index contributed by atoms with van der Waals surface area (Å²) < 4.78 is 5.39. The van der Waals surface area contributed by atoms with Crippen LogP contribution in [0.3, 0.4) is 0 Å². The zero-order valence-electron chi connectivity index (χ0n) is 15.9. The van der Waals surface area contributed by atoms with Gasteiger partial charge < -0.3 is 24.7 Å². The van der Waals surface area contributed by atoms with Crippen molar-refractivity contribution >= 4 is 5.91 Å². The highest BCUT2D eigenvalue weighted by atomic mass is 16.3. The standard InChI is InChI=1S/C18H27N5O3/c1-10-14(26-9-21-10)12-7-20-16(22-12)13-6-11(24)8-23(13)17(25)15(19-5)18(2,3)4/h7,9,11,13,15,19,24H,6,8H2,1-5H3,(H,20,22)/t11-,13+,15-/m1/s1. The number of aromatic amines is 1. The largest absolute Gasteiger partial charge is 0.442 e. The Hall–Kier alpha value is -2.19. The molecule has 0 spiro atoms. The fourth-order valence-corrected chi connectivity index (χ4v) is 3.58. The topological polar surface area (TPSA) is 107 Å². The van der Waals surface area contributed by atoms with Crippen molar-refractivity contribution in [1.29, 1.82) is 0 Å². The summed E-state index contributed by atoms with van der Waals surface area (Å²) in [4.78, 5) is 26.7. The van der Waals surface area contributed by atoms with Gasteiger partial charge in [0, 0.05) is 19.2 Å². The number of aliphatic hydroxyl groups is 1. The molecule has 142 valence electrons. The smallest absolute Gasteiger partial charge is 0.240 e. The molecule has 2 aromatic heterocycles. The predicted molar refractivity (Wildman–Crippen MR) is 96.2 cm³/mol. The van der Waals surface area contributed by atoms with Crippen molar-refractivity contribution in [1.82, 2.24) is 25.2 Å². The van der Waals surface area contributed by atoms with Crippen LogP contribution in [0.5, 0.6) is 0 Å². The summed E-state index contributed by atoms with van der Waals surface area (Å²) in [7, 11) is 1.78. The third kappa shape index (κ3) is 3.39. The number of aryl methyl sites for hydroxylation is 1. The van der Waals surface area contributed by atoms with Gasteiger partial charge in [-0.2, -0.15) is 0 Å². The van der Waals surface area contributed by atoms with Gasteiger partial charge in [-0.25, -0.2) is 9.97 Å². The van der Waals surface area contributed by atoms with E-state index in [0.717, 1.165) is 5.69 Å². The molecule has 0 aliphatic carbocycles. The molecule has 1 fully saturated rings. The summed E-state index contributed by atoms with van der Waals surface area (Å²) in [6, 6.07) is -0.645. The molecule has 1 saturated heterocycles. The molecule has 1 amide bonds. The number of carbonyl (C=O) groups excluding carboxylic acids is 1. The van der Waals surface area contributed by atoms with Gasteiger partial charge in [0.05, 0.1) is 23.9 Å². The first-order chi connectivity index (χ1) is 12.2. The maximum absolute atomic E-state index is 13.1. The lowest BCUT2D eigenvalue weighted by molar-refractivity contribution is -0.137. The summed E-state index contributed by atoms with van der Waals surface area (Å²) in [5, 5.41) is 13.3. The van der Waals surface area contributed by atoms with Gasteiger partial charge in [-0.1, -0.05) is 20.8 Å². The molecule has 26 heavy (non-hydrogen) atoms. The maximum atomic E-state index is 13.1. The molecule has 2 aromatic rings. The third-order valence-corrected chi connectivity index (χ3v) is 4.86. The van der Waals surface area contributed by atoms with E-state index in [4.69, 9.17) is 4.42 Å². The predicted octanol–water partition coefficient (Wildman–Crippen LogP) is 1.64. The number of H-pyrrole nitrogens is 1. The van der Waals surface area contributed by atoms with Crippen molar-refractivity contribution in [2.24, 2.45) is 5.41 Å².